The molecule has 0 bridgehead atoms. The van der Waals surface area contributed by atoms with Gasteiger partial charge < -0.3 is 20.3 Å². The van der Waals surface area contributed by atoms with E-state index < -0.39 is 0 Å². The minimum absolute atomic E-state index is 0.0976. The van der Waals surface area contributed by atoms with Crippen molar-refractivity contribution in [2.45, 2.75) is 58.3 Å². The number of rotatable bonds is 7. The van der Waals surface area contributed by atoms with Crippen LogP contribution in [0.15, 0.2) is 0 Å². The second-order valence-electron chi connectivity index (χ2n) is 7.49. The molecule has 0 aromatic carbocycles. The first kappa shape index (κ1) is 17.9. The number of hydrogen-bond donors (Lipinski definition) is 1. The zero-order chi connectivity index (χ0) is 15.6. The Balaban J connectivity index is 2.60. The van der Waals surface area contributed by atoms with E-state index in [1.54, 1.807) is 0 Å². The second-order valence-corrected chi connectivity index (χ2v) is 7.49. The summed E-state index contributed by atoms with van der Waals surface area (Å²) in [6, 6.07) is 0.0976. The molecule has 0 spiro atoms. The topological polar surface area (TPSA) is 41.7 Å². The monoisotopic (exact) mass is 285 g/mol. The predicted octanol–water partition coefficient (Wildman–Crippen LogP) is 1.79. The lowest BCUT2D eigenvalue weighted by Crippen LogP contribution is -2.48. The van der Waals surface area contributed by atoms with Gasteiger partial charge in [0, 0.05) is 18.5 Å². The van der Waals surface area contributed by atoms with Gasteiger partial charge in [-0.3, -0.25) is 0 Å². The molecular formula is C16H35N3O. The maximum absolute atomic E-state index is 6.45. The average Bonchev–Trinajstić information content (AvgIpc) is 2.44. The third-order valence-electron chi connectivity index (χ3n) is 4.64. The van der Waals surface area contributed by atoms with Crippen molar-refractivity contribution in [3.63, 3.8) is 0 Å². The Morgan fingerprint density at radius 1 is 1.05 bits per heavy atom. The Kier molecular flexibility index (Phi) is 6.02. The van der Waals surface area contributed by atoms with Crippen molar-refractivity contribution in [2.75, 3.05) is 40.3 Å². The molecule has 1 rings (SSSR count). The molecule has 0 aliphatic carbocycles. The quantitative estimate of drug-likeness (QED) is 0.774. The first-order valence-electron chi connectivity index (χ1n) is 7.93. The fourth-order valence-electron chi connectivity index (χ4n) is 3.34. The van der Waals surface area contributed by atoms with Gasteiger partial charge in [-0.25, -0.2) is 0 Å². The first-order valence-corrected chi connectivity index (χ1v) is 7.93. The average molecular weight is 285 g/mol. The van der Waals surface area contributed by atoms with Gasteiger partial charge in [0.1, 0.15) is 0 Å². The third-order valence-corrected chi connectivity index (χ3v) is 4.64. The van der Waals surface area contributed by atoms with Crippen LogP contribution in [-0.4, -0.2) is 67.3 Å². The standard InChI is InChI=1S/C16H35N3O/c1-8-19(11-9-10-18(6)7)12-13-14(17)16(4,5)20-15(13,2)3/h13-14H,8-12,17H2,1-7H3. The van der Waals surface area contributed by atoms with Crippen LogP contribution < -0.4 is 5.73 Å². The summed E-state index contributed by atoms with van der Waals surface area (Å²) in [4.78, 5) is 4.76. The lowest BCUT2D eigenvalue weighted by molar-refractivity contribution is -0.0784. The van der Waals surface area contributed by atoms with Crippen LogP contribution >= 0.6 is 0 Å². The zero-order valence-corrected chi connectivity index (χ0v) is 14.6. The van der Waals surface area contributed by atoms with Crippen molar-refractivity contribution < 1.29 is 4.74 Å². The van der Waals surface area contributed by atoms with Gasteiger partial charge in [0.15, 0.2) is 0 Å². The molecule has 1 fully saturated rings. The molecular weight excluding hydrogens is 250 g/mol. The second kappa shape index (κ2) is 6.73. The molecule has 2 unspecified atom stereocenters. The van der Waals surface area contributed by atoms with Crippen LogP contribution in [0.1, 0.15) is 41.0 Å². The molecule has 0 aromatic heterocycles. The van der Waals surface area contributed by atoms with Gasteiger partial charge in [-0.1, -0.05) is 6.92 Å². The lowest BCUT2D eigenvalue weighted by atomic mass is 9.82. The molecule has 1 heterocycles. The van der Waals surface area contributed by atoms with E-state index in [2.05, 4.69) is 58.5 Å². The van der Waals surface area contributed by atoms with Crippen molar-refractivity contribution in [1.29, 1.82) is 0 Å². The van der Waals surface area contributed by atoms with Gasteiger partial charge in [-0.05, 0) is 67.8 Å². The van der Waals surface area contributed by atoms with Gasteiger partial charge in [-0.15, -0.1) is 0 Å². The van der Waals surface area contributed by atoms with E-state index in [0.717, 1.165) is 26.2 Å². The van der Waals surface area contributed by atoms with Crippen LogP contribution in [0.4, 0.5) is 0 Å². The molecule has 0 aromatic rings. The molecule has 1 aliphatic rings. The largest absolute Gasteiger partial charge is 0.368 e. The van der Waals surface area contributed by atoms with Crippen LogP contribution in [0, 0.1) is 5.92 Å². The summed E-state index contributed by atoms with van der Waals surface area (Å²) in [5.74, 6) is 0.386. The maximum atomic E-state index is 6.45. The number of hydrogen-bond acceptors (Lipinski definition) is 4. The molecule has 1 saturated heterocycles. The van der Waals surface area contributed by atoms with Crippen molar-refractivity contribution in [1.82, 2.24) is 9.80 Å². The van der Waals surface area contributed by atoms with Gasteiger partial charge in [0.2, 0.25) is 0 Å². The van der Waals surface area contributed by atoms with Crippen molar-refractivity contribution in [3.8, 4) is 0 Å². The molecule has 20 heavy (non-hydrogen) atoms. The van der Waals surface area contributed by atoms with E-state index in [9.17, 15) is 0 Å². The highest BCUT2D eigenvalue weighted by Crippen LogP contribution is 2.41. The molecule has 4 nitrogen and oxygen atoms in total. The Morgan fingerprint density at radius 3 is 2.05 bits per heavy atom. The minimum Gasteiger partial charge on any atom is -0.368 e. The highest BCUT2D eigenvalue weighted by atomic mass is 16.5. The van der Waals surface area contributed by atoms with Gasteiger partial charge in [-0.2, -0.15) is 0 Å². The van der Waals surface area contributed by atoms with Gasteiger partial charge in [0.25, 0.3) is 0 Å². The molecule has 2 N–H and O–H groups in total. The Bertz CT molecular complexity index is 302. The van der Waals surface area contributed by atoms with Crippen LogP contribution in [0.2, 0.25) is 0 Å². The van der Waals surface area contributed by atoms with Crippen LogP contribution in [-0.2, 0) is 4.74 Å². The summed E-state index contributed by atoms with van der Waals surface area (Å²) in [6.07, 6.45) is 1.20. The summed E-state index contributed by atoms with van der Waals surface area (Å²) >= 11 is 0. The van der Waals surface area contributed by atoms with E-state index in [0.29, 0.717) is 5.92 Å². The predicted molar refractivity (Wildman–Crippen MR) is 86.0 cm³/mol. The minimum atomic E-state index is -0.225. The Hall–Kier alpha value is -0.160. The van der Waals surface area contributed by atoms with E-state index in [1.165, 1.54) is 6.42 Å². The molecule has 0 radical (unpaired) electrons. The number of nitrogens with two attached hydrogens (primary N) is 1. The Labute approximate surface area is 125 Å². The fraction of sp³-hybridized carbons (Fsp3) is 1.00. The van der Waals surface area contributed by atoms with Crippen LogP contribution in [0.5, 0.6) is 0 Å². The van der Waals surface area contributed by atoms with Crippen molar-refractivity contribution in [3.05, 3.63) is 0 Å². The third kappa shape index (κ3) is 4.42. The summed E-state index contributed by atoms with van der Waals surface area (Å²) < 4.78 is 6.19. The SMILES string of the molecule is CCN(CCCN(C)C)CC1C(N)C(C)(C)OC1(C)C. The number of ether oxygens (including phenoxy) is 1. The van der Waals surface area contributed by atoms with E-state index >= 15 is 0 Å². The summed E-state index contributed by atoms with van der Waals surface area (Å²) in [6.45, 7) is 15.2. The lowest BCUT2D eigenvalue weighted by Gasteiger charge is -2.32. The normalized spacial score (nSPS) is 28.5. The zero-order valence-electron chi connectivity index (χ0n) is 14.6. The summed E-state index contributed by atoms with van der Waals surface area (Å²) in [5, 5.41) is 0. The first-order chi connectivity index (χ1) is 9.10. The smallest absolute Gasteiger partial charge is 0.0788 e. The summed E-state index contributed by atoms with van der Waals surface area (Å²) in [7, 11) is 4.26. The number of nitrogens with zero attached hydrogens (tertiary/aromatic N) is 2. The summed E-state index contributed by atoms with van der Waals surface area (Å²) in [5.41, 5.74) is 6.09. The van der Waals surface area contributed by atoms with Crippen molar-refractivity contribution >= 4 is 0 Å². The van der Waals surface area contributed by atoms with E-state index in [-0.39, 0.29) is 17.2 Å². The maximum Gasteiger partial charge on any atom is 0.0788 e. The molecule has 0 amide bonds. The Morgan fingerprint density at radius 2 is 1.65 bits per heavy atom. The van der Waals surface area contributed by atoms with E-state index in [4.69, 9.17) is 10.5 Å². The highest BCUT2D eigenvalue weighted by molar-refractivity contribution is 5.04. The highest BCUT2D eigenvalue weighted by Gasteiger charge is 2.52. The van der Waals surface area contributed by atoms with Crippen LogP contribution in [0.3, 0.4) is 0 Å². The molecule has 1 aliphatic heterocycles. The van der Waals surface area contributed by atoms with Gasteiger partial charge >= 0.3 is 0 Å². The van der Waals surface area contributed by atoms with Crippen LogP contribution in [0.25, 0.3) is 0 Å². The molecule has 4 heteroatoms. The molecule has 0 saturated carbocycles. The fourth-order valence-corrected chi connectivity index (χ4v) is 3.34. The van der Waals surface area contributed by atoms with Crippen molar-refractivity contribution in [2.24, 2.45) is 11.7 Å². The molecule has 2 atom stereocenters. The van der Waals surface area contributed by atoms with Gasteiger partial charge in [0.05, 0.1) is 11.2 Å². The molecule has 120 valence electrons. The van der Waals surface area contributed by atoms with E-state index in [1.807, 2.05) is 0 Å².